The van der Waals surface area contributed by atoms with Gasteiger partial charge in [-0.2, -0.15) is 0 Å². The minimum absolute atomic E-state index is 0.0224. The molecule has 7 saturated heterocycles. The molecule has 7 fully saturated rings. The first kappa shape index (κ1) is 67.2. The van der Waals surface area contributed by atoms with Gasteiger partial charge in [0.25, 0.3) is 0 Å². The van der Waals surface area contributed by atoms with E-state index in [1.165, 1.54) is 49.9 Å². The summed E-state index contributed by atoms with van der Waals surface area (Å²) in [6.45, 7) is 16.9. The highest BCUT2D eigenvalue weighted by molar-refractivity contribution is 5.36. The predicted octanol–water partition coefficient (Wildman–Crippen LogP) is 25.3. The molecule has 12 atom stereocenters. The van der Waals surface area contributed by atoms with Crippen LogP contribution < -0.4 is 0 Å². The van der Waals surface area contributed by atoms with Gasteiger partial charge < -0.3 is 33.2 Å². The number of nitrogens with zero attached hydrogens (tertiary/aromatic N) is 7. The molecule has 0 spiro atoms. The Kier molecular flexibility index (Phi) is 25.0. The first-order chi connectivity index (χ1) is 81.1. The number of halogens is 7. The quantitative estimate of drug-likeness (QED) is 0.0968. The molecule has 7 aliphatic rings. The van der Waals surface area contributed by atoms with Crippen LogP contribution in [-0.2, 0) is 117 Å². The molecule has 0 bridgehead atoms. The standard InChI is InChI=1S/6C17H26FNO.C15H22FNO/c6*1-12-9-19(10-13(2)20-12)11-14-6-7-15(16(18)8-14)17(3,4)5;1-15(2,3)13-10-12(4-5-14(13)16)11-17-6-8-18-9-7-17/h6*6-8,12-13H,9-11H2,1-5H3;4-5,10H,6-9,11H2,1-3H3/i1D3,6D,7D,8D,9D2,10D2,11D2,12D,13D;1D3,9D2,10D2,11D2,12D,13D;1D3,9D2,10D2,12D,13D;6D,7D,8D,11D2;6D,7D,8D;;11D2. The lowest BCUT2D eigenvalue weighted by molar-refractivity contribution is -0.0707. The summed E-state index contributed by atoms with van der Waals surface area (Å²) in [6.07, 6.45) is -18.7. The second-order valence-electron chi connectivity index (χ2n) is 42.7. The third-order valence-electron chi connectivity index (χ3n) is 21.7. The molecule has 0 saturated carbocycles. The number of hydrogen-bond donors (Lipinski definition) is 0. The topological polar surface area (TPSA) is 87.3 Å². The zero-order chi connectivity index (χ0) is 141. The average molecular weight is 1970 g/mol. The van der Waals surface area contributed by atoms with Crippen LogP contribution in [0.4, 0.5) is 30.7 Å². The van der Waals surface area contributed by atoms with Crippen LogP contribution >= 0.6 is 0 Å². The summed E-state index contributed by atoms with van der Waals surface area (Å²) in [4.78, 5) is 7.52. The molecule has 7 heterocycles. The Hall–Kier alpha value is -6.51. The van der Waals surface area contributed by atoms with Gasteiger partial charge in [-0.1, -0.05) is 230 Å². The smallest absolute Gasteiger partial charge is 0.127 e. The van der Waals surface area contributed by atoms with E-state index in [-0.39, 0.29) is 129 Å². The van der Waals surface area contributed by atoms with Gasteiger partial charge in [0, 0.05) is 177 Å². The minimum Gasteiger partial charge on any atom is -0.379 e. The molecule has 7 aromatic carbocycles. The van der Waals surface area contributed by atoms with E-state index in [0.717, 1.165) is 62.8 Å². The van der Waals surface area contributed by atoms with E-state index < -0.39 is 237 Å². The summed E-state index contributed by atoms with van der Waals surface area (Å²) >= 11 is 0. The molecule has 0 N–H and O–H groups in total. The van der Waals surface area contributed by atoms with Crippen LogP contribution in [0.2, 0.25) is 0 Å². The molecule has 138 heavy (non-hydrogen) atoms. The van der Waals surface area contributed by atoms with E-state index in [1.54, 1.807) is 85.4 Å². The van der Waals surface area contributed by atoms with Gasteiger partial charge in [-0.3, -0.25) is 34.3 Å². The summed E-state index contributed by atoms with van der Waals surface area (Å²) in [5.41, 5.74) is -2.45. The van der Waals surface area contributed by atoms with Crippen LogP contribution in [0.15, 0.2) is 127 Å². The van der Waals surface area contributed by atoms with E-state index in [1.807, 2.05) is 96.1 Å². The van der Waals surface area contributed by atoms with Crippen LogP contribution in [-0.4, -0.2) is 212 Å². The molecule has 14 nitrogen and oxygen atoms in total. The molecular weight excluding hydrogens is 1750 g/mol. The molecule has 0 radical (unpaired) electrons. The van der Waals surface area contributed by atoms with Gasteiger partial charge in [0.1, 0.15) is 40.7 Å². The van der Waals surface area contributed by atoms with Crippen molar-refractivity contribution in [2.45, 2.75) is 385 Å². The second-order valence-corrected chi connectivity index (χ2v) is 42.7. The fraction of sp³-hybridized carbons (Fsp3) is 0.641. The molecule has 7 aliphatic heterocycles. The van der Waals surface area contributed by atoms with Crippen molar-refractivity contribution in [2.75, 3.05) is 105 Å². The molecular formula is C117H178F7N7O7. The normalized spacial score (nSPS) is 34.7. The summed E-state index contributed by atoms with van der Waals surface area (Å²) in [6, 6.07) is 12.7. The van der Waals surface area contributed by atoms with Gasteiger partial charge >= 0.3 is 0 Å². The van der Waals surface area contributed by atoms with Gasteiger partial charge in [0.2, 0.25) is 0 Å². The fourth-order valence-corrected chi connectivity index (χ4v) is 15.5. The van der Waals surface area contributed by atoms with E-state index in [0.29, 0.717) is 80.0 Å². The Morgan fingerprint density at radius 1 is 0.283 bits per heavy atom. The first-order valence-electron chi connectivity index (χ1n) is 68.7. The summed E-state index contributed by atoms with van der Waals surface area (Å²) in [5, 5.41) is 0. The predicted molar refractivity (Wildman–Crippen MR) is 554 cm³/mol. The third-order valence-corrected chi connectivity index (χ3v) is 21.7. The number of ether oxygens (including phenoxy) is 7. The van der Waals surface area contributed by atoms with Gasteiger partial charge in [0.15, 0.2) is 0 Å². The van der Waals surface area contributed by atoms with Gasteiger partial charge in [-0.15, -0.1) is 0 Å². The summed E-state index contributed by atoms with van der Waals surface area (Å²) < 4.78 is 497. The van der Waals surface area contributed by atoms with Gasteiger partial charge in [-0.05, 0) is 241 Å². The molecule has 0 aliphatic carbocycles. The van der Waals surface area contributed by atoms with E-state index in [2.05, 4.69) is 29.7 Å². The maximum Gasteiger partial charge on any atom is 0.127 e. The molecule has 14 rings (SSSR count). The monoisotopic (exact) mass is 1970 g/mol. The van der Waals surface area contributed by atoms with Crippen molar-refractivity contribution in [1.82, 2.24) is 34.3 Å². The number of morpholine rings is 7. The lowest BCUT2D eigenvalue weighted by Crippen LogP contribution is -2.44. The minimum atomic E-state index is -3.84. The van der Waals surface area contributed by atoms with Crippen molar-refractivity contribution in [1.29, 1.82) is 0 Å². The summed E-state index contributed by atoms with van der Waals surface area (Å²) in [5.74, 6) is -4.72. The Balaban J connectivity index is 0.000000256. The van der Waals surface area contributed by atoms with Gasteiger partial charge in [0.05, 0.1) is 107 Å². The lowest BCUT2D eigenvalue weighted by Gasteiger charge is -2.35. The Morgan fingerprint density at radius 3 is 0.906 bits per heavy atom. The maximum atomic E-state index is 15.2. The number of hydrogen-bond acceptors (Lipinski definition) is 14. The molecule has 21 heteroatoms. The maximum absolute atomic E-state index is 15.2. The van der Waals surface area contributed by atoms with Crippen LogP contribution in [0, 0.1) is 40.7 Å². The van der Waals surface area contributed by atoms with Crippen LogP contribution in [0.25, 0.3) is 0 Å². The number of benzene rings is 7. The highest BCUT2D eigenvalue weighted by atomic mass is 19.2. The van der Waals surface area contributed by atoms with E-state index >= 15 is 4.39 Å². The number of rotatable bonds is 14. The first-order valence-corrected chi connectivity index (χ1v) is 46.7. The SMILES string of the molecule is CC1CN(Cc2ccc(C(C)(C)C)c(F)c2)CC(C)O1.[2H]C([2H])([2H])C1([2H])OC([2H])(C)C([2H])([2H])N(Cc2ccc(C(C)(C)C)c(F)c2)C1([2H])[2H].[2H]C([2H])(c1ccc(C(C)(C)C)c(F)c1)N1C([2H])([2H])C([2H])(C)OC([2H])(C([2H])([2H])[2H])C1([2H])[2H].[2H]C([2H])(c1ccc(F)c(C(C)(C)C)c1)N1CCOCC1.[2H]c1c([2H])c(C(C)(C)C)c(F)c([2H])c1CN1CC(C)OC(C)C1.[2H]c1c([2H])c(C([2H])([2H])N2C([2H])([2H])C([2H])(C)OC([2H])(C([2H])([2H])[2H])C2([2H])[2H])c([2H])c(F)c1C(C)(C)C.[2H]c1c([2H])c(C([2H])([2H])N2CC(C)OC(C)C2)c([2H])c(F)c1C(C)(C)C. The fourth-order valence-electron chi connectivity index (χ4n) is 15.5. The lowest BCUT2D eigenvalue weighted by atomic mass is 9.85. The van der Waals surface area contributed by atoms with E-state index in [4.69, 9.17) is 93.5 Å². The van der Waals surface area contributed by atoms with Crippen molar-refractivity contribution >= 4 is 0 Å². The second kappa shape index (κ2) is 51.3. The van der Waals surface area contributed by atoms with Crippen molar-refractivity contribution in [3.63, 3.8) is 0 Å². The van der Waals surface area contributed by atoms with Crippen molar-refractivity contribution in [3.8, 4) is 0 Å². The summed E-state index contributed by atoms with van der Waals surface area (Å²) in [7, 11) is 0. The zero-order valence-electron chi connectivity index (χ0n) is 130. The molecule has 0 amide bonds. The zero-order valence-corrected chi connectivity index (χ0v) is 86.2. The van der Waals surface area contributed by atoms with Crippen LogP contribution in [0.1, 0.15) is 366 Å². The van der Waals surface area contributed by atoms with Crippen molar-refractivity contribution in [3.05, 3.63) is 246 Å². The van der Waals surface area contributed by atoms with Crippen LogP contribution in [0.5, 0.6) is 0 Å². The Labute approximate surface area is 891 Å². The van der Waals surface area contributed by atoms with Crippen molar-refractivity contribution < 1.29 is 124 Å². The highest BCUT2D eigenvalue weighted by Crippen LogP contribution is 2.35. The average Bonchev–Trinajstić information content (AvgIpc) is 0.678. The molecule has 12 unspecified atom stereocenters. The third kappa shape index (κ3) is 38.9. The molecule has 7 aromatic rings. The van der Waals surface area contributed by atoms with E-state index in [9.17, 15) is 26.3 Å². The largest absolute Gasteiger partial charge is 0.379 e. The molecule has 0 aromatic heterocycles. The molecule has 772 valence electrons. The van der Waals surface area contributed by atoms with Gasteiger partial charge in [-0.25, -0.2) is 30.7 Å². The van der Waals surface area contributed by atoms with Crippen LogP contribution in [0.3, 0.4) is 0 Å². The Bertz CT molecular complexity index is 7080. The highest BCUT2D eigenvalue weighted by Gasteiger charge is 2.33. The van der Waals surface area contributed by atoms with Crippen molar-refractivity contribution in [2.24, 2.45) is 0 Å². The Morgan fingerprint density at radius 2 is 0.551 bits per heavy atom.